The molecule has 0 spiro atoms. The van der Waals surface area contributed by atoms with Crippen LogP contribution < -0.4 is 5.43 Å². The lowest BCUT2D eigenvalue weighted by atomic mass is 9.85. The topological polar surface area (TPSA) is 83.1 Å². The molecule has 1 aliphatic heterocycles. The van der Waals surface area contributed by atoms with Crippen LogP contribution in [0.2, 0.25) is 5.02 Å². The summed E-state index contributed by atoms with van der Waals surface area (Å²) in [5.74, 6) is -0.329. The van der Waals surface area contributed by atoms with Crippen molar-refractivity contribution in [1.82, 2.24) is 4.90 Å². The fourth-order valence-corrected chi connectivity index (χ4v) is 4.49. The van der Waals surface area contributed by atoms with Gasteiger partial charge in [0.15, 0.2) is 5.43 Å². The monoisotopic (exact) mass is 429 g/mol. The number of halogens is 1. The maximum atomic E-state index is 12.9. The van der Waals surface area contributed by atoms with Gasteiger partial charge in [-0.1, -0.05) is 23.7 Å². The first kappa shape index (κ1) is 20.7. The minimum absolute atomic E-state index is 0.0489. The molecule has 1 fully saturated rings. The molecule has 0 aliphatic carbocycles. The van der Waals surface area contributed by atoms with Crippen LogP contribution in [0, 0.1) is 0 Å². The number of aromatic hydroxyl groups is 2. The Morgan fingerprint density at radius 2 is 2.00 bits per heavy atom. The molecule has 0 radical (unpaired) electrons. The second kappa shape index (κ2) is 8.30. The van der Waals surface area contributed by atoms with Crippen molar-refractivity contribution in [1.29, 1.82) is 0 Å². The number of likely N-dealkylation sites (N-methyl/N-ethyl adjacent to an activating group) is 1. The van der Waals surface area contributed by atoms with Gasteiger partial charge in [-0.15, -0.1) is 0 Å². The molecule has 4 rings (SSSR count). The zero-order chi connectivity index (χ0) is 21.4. The van der Waals surface area contributed by atoms with E-state index in [2.05, 4.69) is 4.90 Å². The number of rotatable bonds is 4. The molecular weight excluding hydrogens is 406 g/mol. The second-order valence-electron chi connectivity index (χ2n) is 7.64. The molecule has 2 atom stereocenters. The number of phenols is 2. The standard InChI is InChI=1S/C23H24ClNO5/c1-3-29-20-12-25(2)9-8-14(20)21-16(26)10-17(27)22-18(28)11-19(30-23(21)22)13-6-4-5-7-15(13)24/h4-7,10-11,14,20,26-27H,3,8-9,12H2,1-2H3/t14-,20+/m0/s1. The number of hydrogen-bond donors (Lipinski definition) is 2. The van der Waals surface area contributed by atoms with Crippen molar-refractivity contribution in [2.75, 3.05) is 26.7 Å². The van der Waals surface area contributed by atoms with Gasteiger partial charge in [0.1, 0.15) is 28.2 Å². The van der Waals surface area contributed by atoms with Gasteiger partial charge in [0.2, 0.25) is 0 Å². The van der Waals surface area contributed by atoms with E-state index in [1.54, 1.807) is 24.3 Å². The van der Waals surface area contributed by atoms with Crippen LogP contribution in [0.25, 0.3) is 22.3 Å². The van der Waals surface area contributed by atoms with Crippen LogP contribution in [0.3, 0.4) is 0 Å². The first-order valence-corrected chi connectivity index (χ1v) is 10.4. The molecule has 1 aromatic heterocycles. The molecule has 0 saturated carbocycles. The Kier molecular flexibility index (Phi) is 5.73. The Morgan fingerprint density at radius 1 is 1.23 bits per heavy atom. The summed E-state index contributed by atoms with van der Waals surface area (Å²) in [4.78, 5) is 15.1. The van der Waals surface area contributed by atoms with E-state index in [1.807, 2.05) is 14.0 Å². The summed E-state index contributed by atoms with van der Waals surface area (Å²) in [6, 6.07) is 9.59. The predicted octanol–water partition coefficient (Wildman–Crippen LogP) is 4.35. The average Bonchev–Trinajstić information content (AvgIpc) is 2.69. The van der Waals surface area contributed by atoms with Gasteiger partial charge in [-0.05, 0) is 39.1 Å². The number of ether oxygens (including phenoxy) is 1. The highest BCUT2D eigenvalue weighted by molar-refractivity contribution is 6.33. The van der Waals surface area contributed by atoms with Crippen molar-refractivity contribution in [3.63, 3.8) is 0 Å². The summed E-state index contributed by atoms with van der Waals surface area (Å²) >= 11 is 6.31. The summed E-state index contributed by atoms with van der Waals surface area (Å²) in [5.41, 5.74) is 0.831. The van der Waals surface area contributed by atoms with Crippen molar-refractivity contribution < 1.29 is 19.4 Å². The Bertz CT molecular complexity index is 1140. The van der Waals surface area contributed by atoms with Gasteiger partial charge in [-0.3, -0.25) is 4.79 Å². The van der Waals surface area contributed by atoms with Crippen LogP contribution in [0.15, 0.2) is 45.6 Å². The van der Waals surface area contributed by atoms with E-state index in [0.717, 1.165) is 6.54 Å². The maximum absolute atomic E-state index is 12.9. The summed E-state index contributed by atoms with van der Waals surface area (Å²) < 4.78 is 12.1. The highest BCUT2D eigenvalue weighted by atomic mass is 35.5. The highest BCUT2D eigenvalue weighted by Crippen LogP contribution is 2.43. The third-order valence-corrected chi connectivity index (χ3v) is 5.98. The van der Waals surface area contributed by atoms with E-state index in [1.165, 1.54) is 12.1 Å². The SMILES string of the molecule is CCO[C@@H]1CN(C)CC[C@@H]1c1c(O)cc(O)c2c(=O)cc(-c3ccccc3Cl)oc12. The molecule has 2 N–H and O–H groups in total. The minimum atomic E-state index is -0.397. The number of fused-ring (bicyclic) bond motifs is 1. The van der Waals surface area contributed by atoms with Crippen LogP contribution in [-0.4, -0.2) is 48.0 Å². The largest absolute Gasteiger partial charge is 0.507 e. The van der Waals surface area contributed by atoms with E-state index < -0.39 is 5.43 Å². The molecule has 0 bridgehead atoms. The zero-order valence-electron chi connectivity index (χ0n) is 16.9. The molecule has 30 heavy (non-hydrogen) atoms. The average molecular weight is 430 g/mol. The van der Waals surface area contributed by atoms with Gasteiger partial charge in [0.05, 0.1) is 11.1 Å². The first-order valence-electron chi connectivity index (χ1n) is 9.98. The Morgan fingerprint density at radius 3 is 2.73 bits per heavy atom. The van der Waals surface area contributed by atoms with Gasteiger partial charge in [-0.2, -0.15) is 0 Å². The van der Waals surface area contributed by atoms with Gasteiger partial charge < -0.3 is 24.3 Å². The number of benzene rings is 2. The minimum Gasteiger partial charge on any atom is -0.507 e. The lowest BCUT2D eigenvalue weighted by Crippen LogP contribution is -2.42. The molecule has 1 aliphatic rings. The van der Waals surface area contributed by atoms with Crippen LogP contribution >= 0.6 is 11.6 Å². The van der Waals surface area contributed by atoms with Gasteiger partial charge in [0.25, 0.3) is 0 Å². The highest BCUT2D eigenvalue weighted by Gasteiger charge is 2.34. The first-order chi connectivity index (χ1) is 14.4. The molecule has 3 aromatic rings. The van der Waals surface area contributed by atoms with Crippen LogP contribution in [0.5, 0.6) is 11.5 Å². The Balaban J connectivity index is 1.97. The molecule has 2 aromatic carbocycles. The van der Waals surface area contributed by atoms with Gasteiger partial charge in [-0.25, -0.2) is 0 Å². The van der Waals surface area contributed by atoms with Gasteiger partial charge >= 0.3 is 0 Å². The van der Waals surface area contributed by atoms with Crippen molar-refractivity contribution in [3.05, 3.63) is 57.2 Å². The molecule has 7 heteroatoms. The van der Waals surface area contributed by atoms with E-state index in [4.69, 9.17) is 20.8 Å². The van der Waals surface area contributed by atoms with Crippen LogP contribution in [0.1, 0.15) is 24.8 Å². The Hall–Kier alpha value is -2.54. The van der Waals surface area contributed by atoms with Crippen molar-refractivity contribution in [2.24, 2.45) is 0 Å². The Labute approximate surface area is 179 Å². The maximum Gasteiger partial charge on any atom is 0.197 e. The number of phenolic OH excluding ortho intramolecular Hbond substituents is 2. The lowest BCUT2D eigenvalue weighted by molar-refractivity contribution is -0.00268. The third-order valence-electron chi connectivity index (χ3n) is 5.65. The molecular formula is C23H24ClNO5. The number of piperidine rings is 1. The second-order valence-corrected chi connectivity index (χ2v) is 8.05. The van der Waals surface area contributed by atoms with Crippen molar-refractivity contribution in [2.45, 2.75) is 25.4 Å². The molecule has 0 amide bonds. The van der Waals surface area contributed by atoms with Gasteiger partial charge in [0, 0.05) is 42.3 Å². The molecule has 0 unspecified atom stereocenters. The quantitative estimate of drug-likeness (QED) is 0.641. The zero-order valence-corrected chi connectivity index (χ0v) is 17.6. The number of hydrogen-bond acceptors (Lipinski definition) is 6. The summed E-state index contributed by atoms with van der Waals surface area (Å²) in [6.07, 6.45) is 0.538. The predicted molar refractivity (Wildman–Crippen MR) is 117 cm³/mol. The van der Waals surface area contributed by atoms with E-state index in [0.29, 0.717) is 35.7 Å². The molecule has 6 nitrogen and oxygen atoms in total. The summed E-state index contributed by atoms with van der Waals surface area (Å²) in [7, 11) is 2.02. The molecule has 158 valence electrons. The number of nitrogens with zero attached hydrogens (tertiary/aromatic N) is 1. The molecule has 1 saturated heterocycles. The molecule has 2 heterocycles. The van der Waals surface area contributed by atoms with Crippen molar-refractivity contribution >= 4 is 22.6 Å². The van der Waals surface area contributed by atoms with Crippen molar-refractivity contribution in [3.8, 4) is 22.8 Å². The fraction of sp³-hybridized carbons (Fsp3) is 0.348. The summed E-state index contributed by atoms with van der Waals surface area (Å²) in [6.45, 7) is 3.95. The summed E-state index contributed by atoms with van der Waals surface area (Å²) in [5, 5.41) is 21.7. The van der Waals surface area contributed by atoms with E-state index in [-0.39, 0.29) is 40.3 Å². The smallest absolute Gasteiger partial charge is 0.197 e. The van der Waals surface area contributed by atoms with E-state index >= 15 is 0 Å². The third kappa shape index (κ3) is 3.67. The fourth-order valence-electron chi connectivity index (χ4n) is 4.26. The van der Waals surface area contributed by atoms with E-state index in [9.17, 15) is 15.0 Å². The van der Waals surface area contributed by atoms with Crippen LogP contribution in [0.4, 0.5) is 0 Å². The number of likely N-dealkylation sites (tertiary alicyclic amines) is 1. The lowest BCUT2D eigenvalue weighted by Gasteiger charge is -2.37. The van der Waals surface area contributed by atoms with Crippen LogP contribution in [-0.2, 0) is 4.74 Å². The normalized spacial score (nSPS) is 20.0.